The second-order valence-corrected chi connectivity index (χ2v) is 7.55. The molecule has 4 heteroatoms. The van der Waals surface area contributed by atoms with Crippen molar-refractivity contribution in [3.63, 3.8) is 0 Å². The fourth-order valence-electron chi connectivity index (χ4n) is 1.95. The van der Waals surface area contributed by atoms with Gasteiger partial charge in [0, 0.05) is 23.1 Å². The fourth-order valence-corrected chi connectivity index (χ4v) is 2.45. The van der Waals surface area contributed by atoms with E-state index in [1.54, 1.807) is 12.1 Å². The van der Waals surface area contributed by atoms with E-state index in [9.17, 15) is 4.79 Å². The molecule has 0 aromatic heterocycles. The maximum atomic E-state index is 12.7. The topological polar surface area (TPSA) is 20.3 Å². The molecule has 0 unspecified atom stereocenters. The van der Waals surface area contributed by atoms with Crippen LogP contribution in [-0.2, 0) is 0 Å². The molecule has 21 heavy (non-hydrogen) atoms. The van der Waals surface area contributed by atoms with Gasteiger partial charge in [0.25, 0.3) is 5.91 Å². The van der Waals surface area contributed by atoms with Crippen LogP contribution in [0.15, 0.2) is 22.7 Å². The van der Waals surface area contributed by atoms with Crippen LogP contribution in [0.2, 0.25) is 5.02 Å². The van der Waals surface area contributed by atoms with E-state index in [-0.39, 0.29) is 5.91 Å². The summed E-state index contributed by atoms with van der Waals surface area (Å²) in [6, 6.07) is 5.37. The number of amides is 1. The largest absolute Gasteiger partial charge is 0.339 e. The summed E-state index contributed by atoms with van der Waals surface area (Å²) >= 11 is 9.38. The first-order valence-electron chi connectivity index (χ1n) is 7.55. The Bertz CT molecular complexity index is 462. The summed E-state index contributed by atoms with van der Waals surface area (Å²) < 4.78 is 0.766. The predicted octanol–water partition coefficient (Wildman–Crippen LogP) is 5.64. The van der Waals surface area contributed by atoms with Crippen molar-refractivity contribution in [2.75, 3.05) is 13.1 Å². The van der Waals surface area contributed by atoms with Gasteiger partial charge in [-0.2, -0.15) is 0 Å². The zero-order valence-electron chi connectivity index (χ0n) is 13.3. The molecule has 0 atom stereocenters. The summed E-state index contributed by atoms with van der Waals surface area (Å²) in [6.07, 6.45) is 2.05. The van der Waals surface area contributed by atoms with E-state index in [1.165, 1.54) is 0 Å². The number of halogens is 2. The summed E-state index contributed by atoms with van der Waals surface area (Å²) in [5.41, 5.74) is 0.693. The van der Waals surface area contributed by atoms with Gasteiger partial charge in [0.15, 0.2) is 0 Å². The molecule has 118 valence electrons. The zero-order valence-corrected chi connectivity index (χ0v) is 15.7. The summed E-state index contributed by atoms with van der Waals surface area (Å²) in [7, 11) is 0. The van der Waals surface area contributed by atoms with Crippen LogP contribution < -0.4 is 0 Å². The highest BCUT2D eigenvalue weighted by atomic mass is 79.9. The van der Waals surface area contributed by atoms with Crippen molar-refractivity contribution in [1.82, 2.24) is 4.90 Å². The van der Waals surface area contributed by atoms with Crippen molar-refractivity contribution in [2.24, 2.45) is 11.8 Å². The van der Waals surface area contributed by atoms with E-state index >= 15 is 0 Å². The van der Waals surface area contributed by atoms with Gasteiger partial charge in [-0.3, -0.25) is 4.79 Å². The summed E-state index contributed by atoms with van der Waals surface area (Å²) in [5, 5.41) is 0.627. The first-order chi connectivity index (χ1) is 9.81. The Morgan fingerprint density at radius 3 is 2.10 bits per heavy atom. The highest BCUT2D eigenvalue weighted by Gasteiger charge is 2.17. The smallest absolute Gasteiger partial charge is 0.253 e. The van der Waals surface area contributed by atoms with Crippen molar-refractivity contribution in [3.8, 4) is 0 Å². The Morgan fingerprint density at radius 1 is 1.14 bits per heavy atom. The fraction of sp³-hybridized carbons (Fsp3) is 0.588. The van der Waals surface area contributed by atoms with Crippen molar-refractivity contribution < 1.29 is 4.79 Å². The molecule has 2 nitrogen and oxygen atoms in total. The minimum absolute atomic E-state index is 0.0914. The van der Waals surface area contributed by atoms with Crippen LogP contribution in [0.1, 0.15) is 50.9 Å². The van der Waals surface area contributed by atoms with Crippen LogP contribution in [0.4, 0.5) is 0 Å². The third-order valence-corrected chi connectivity index (χ3v) is 4.62. The Hall–Kier alpha value is -0.540. The number of hydrogen-bond acceptors (Lipinski definition) is 1. The Labute approximate surface area is 142 Å². The molecule has 0 saturated carbocycles. The third-order valence-electron chi connectivity index (χ3n) is 3.41. The molecule has 1 amide bonds. The SMILES string of the molecule is CC(C)CCN(CCC(C)C)C(=O)c1ccc(Cl)c(Br)c1. The molecule has 0 radical (unpaired) electrons. The molecule has 0 fully saturated rings. The maximum Gasteiger partial charge on any atom is 0.253 e. The van der Waals surface area contributed by atoms with Gasteiger partial charge >= 0.3 is 0 Å². The monoisotopic (exact) mass is 373 g/mol. The number of carbonyl (C=O) groups is 1. The predicted molar refractivity (Wildman–Crippen MR) is 94.0 cm³/mol. The lowest BCUT2D eigenvalue weighted by atomic mass is 10.1. The quantitative estimate of drug-likeness (QED) is 0.605. The average Bonchev–Trinajstić information content (AvgIpc) is 2.40. The second-order valence-electron chi connectivity index (χ2n) is 6.29. The maximum absolute atomic E-state index is 12.7. The highest BCUT2D eigenvalue weighted by molar-refractivity contribution is 9.10. The lowest BCUT2D eigenvalue weighted by Gasteiger charge is -2.24. The van der Waals surface area contributed by atoms with Crippen LogP contribution in [0, 0.1) is 11.8 Å². The number of nitrogens with zero attached hydrogens (tertiary/aromatic N) is 1. The Balaban J connectivity index is 2.83. The van der Waals surface area contributed by atoms with Gasteiger partial charge in [-0.25, -0.2) is 0 Å². The van der Waals surface area contributed by atoms with E-state index in [4.69, 9.17) is 11.6 Å². The highest BCUT2D eigenvalue weighted by Crippen LogP contribution is 2.24. The number of hydrogen-bond donors (Lipinski definition) is 0. The summed E-state index contributed by atoms with van der Waals surface area (Å²) in [5.74, 6) is 1.28. The number of rotatable bonds is 7. The van der Waals surface area contributed by atoms with Crippen molar-refractivity contribution in [3.05, 3.63) is 33.3 Å². The molecule has 1 rings (SSSR count). The van der Waals surface area contributed by atoms with Crippen LogP contribution in [-0.4, -0.2) is 23.9 Å². The minimum Gasteiger partial charge on any atom is -0.339 e. The molecule has 0 saturated heterocycles. The normalized spacial score (nSPS) is 11.2. The lowest BCUT2D eigenvalue weighted by Crippen LogP contribution is -2.34. The van der Waals surface area contributed by atoms with Crippen molar-refractivity contribution in [1.29, 1.82) is 0 Å². The van der Waals surface area contributed by atoms with E-state index < -0.39 is 0 Å². The van der Waals surface area contributed by atoms with Crippen molar-refractivity contribution >= 4 is 33.4 Å². The van der Waals surface area contributed by atoms with Gasteiger partial charge in [0.1, 0.15) is 0 Å². The van der Waals surface area contributed by atoms with Gasteiger partial charge in [-0.05, 0) is 58.8 Å². The van der Waals surface area contributed by atoms with Crippen LogP contribution in [0.3, 0.4) is 0 Å². The average molecular weight is 375 g/mol. The Morgan fingerprint density at radius 2 is 1.67 bits per heavy atom. The van der Waals surface area contributed by atoms with E-state index in [0.29, 0.717) is 22.4 Å². The molecule has 0 aliphatic heterocycles. The first-order valence-corrected chi connectivity index (χ1v) is 8.72. The van der Waals surface area contributed by atoms with Crippen LogP contribution >= 0.6 is 27.5 Å². The molecule has 0 aliphatic rings. The molecule has 0 N–H and O–H groups in total. The van der Waals surface area contributed by atoms with Gasteiger partial charge in [0.05, 0.1) is 5.02 Å². The molecule has 0 spiro atoms. The third kappa shape index (κ3) is 6.39. The molecule has 0 bridgehead atoms. The molecule has 1 aromatic rings. The number of benzene rings is 1. The summed E-state index contributed by atoms with van der Waals surface area (Å²) in [4.78, 5) is 14.7. The Kier molecular flexibility index (Phi) is 7.75. The van der Waals surface area contributed by atoms with E-state index in [1.807, 2.05) is 11.0 Å². The zero-order chi connectivity index (χ0) is 16.0. The molecule has 0 aliphatic carbocycles. The second kappa shape index (κ2) is 8.79. The summed E-state index contributed by atoms with van der Waals surface area (Å²) in [6.45, 7) is 10.4. The van der Waals surface area contributed by atoms with Crippen LogP contribution in [0.5, 0.6) is 0 Å². The van der Waals surface area contributed by atoms with E-state index in [0.717, 1.165) is 30.4 Å². The van der Waals surface area contributed by atoms with Gasteiger partial charge in [-0.15, -0.1) is 0 Å². The van der Waals surface area contributed by atoms with Gasteiger partial charge in [-0.1, -0.05) is 39.3 Å². The van der Waals surface area contributed by atoms with Gasteiger partial charge in [0.2, 0.25) is 0 Å². The van der Waals surface area contributed by atoms with Crippen LogP contribution in [0.25, 0.3) is 0 Å². The van der Waals surface area contributed by atoms with Crippen molar-refractivity contribution in [2.45, 2.75) is 40.5 Å². The standard InChI is InChI=1S/C17H25BrClNO/c1-12(2)7-9-20(10-8-13(3)4)17(21)14-5-6-16(19)15(18)11-14/h5-6,11-13H,7-10H2,1-4H3. The molecule has 0 heterocycles. The van der Waals surface area contributed by atoms with E-state index in [2.05, 4.69) is 43.6 Å². The lowest BCUT2D eigenvalue weighted by molar-refractivity contribution is 0.0741. The van der Waals surface area contributed by atoms with Gasteiger partial charge < -0.3 is 4.90 Å². The molecular formula is C17H25BrClNO. The molecule has 1 aromatic carbocycles. The number of carbonyl (C=O) groups excluding carboxylic acids is 1. The minimum atomic E-state index is 0.0914. The molecular weight excluding hydrogens is 350 g/mol. The first kappa shape index (κ1) is 18.5.